The monoisotopic (exact) mass is 281 g/mol. The van der Waals surface area contributed by atoms with Gasteiger partial charge in [0.1, 0.15) is 0 Å². The van der Waals surface area contributed by atoms with E-state index in [0.717, 1.165) is 5.69 Å². The molecule has 0 saturated carbocycles. The fourth-order valence-electron chi connectivity index (χ4n) is 3.09. The molecule has 0 bridgehead atoms. The number of hydrogen-bond donors (Lipinski definition) is 0. The lowest BCUT2D eigenvalue weighted by atomic mass is 9.99. The number of likely N-dealkylation sites (tertiary alicyclic amines) is 1. The van der Waals surface area contributed by atoms with E-state index in [0.29, 0.717) is 6.04 Å². The van der Waals surface area contributed by atoms with E-state index in [9.17, 15) is 0 Å². The Bertz CT molecular complexity index is 630. The van der Waals surface area contributed by atoms with Gasteiger partial charge in [0.05, 0.1) is 11.9 Å². The molecule has 2 aromatic rings. The molecule has 1 atom stereocenters. The first-order chi connectivity index (χ1) is 10.2. The maximum Gasteiger partial charge on any atom is 0.0961 e. The van der Waals surface area contributed by atoms with Gasteiger partial charge in [0, 0.05) is 11.6 Å². The summed E-state index contributed by atoms with van der Waals surface area (Å²) >= 11 is 0. The quantitative estimate of drug-likeness (QED) is 0.854. The van der Waals surface area contributed by atoms with Crippen LogP contribution in [0.2, 0.25) is 0 Å². The molecule has 21 heavy (non-hydrogen) atoms. The van der Waals surface area contributed by atoms with Gasteiger partial charge in [0.2, 0.25) is 0 Å². The molecule has 3 heteroatoms. The van der Waals surface area contributed by atoms with Crippen LogP contribution in [0, 0.1) is 13.8 Å². The predicted molar refractivity (Wildman–Crippen MR) is 86.2 cm³/mol. The topological polar surface area (TPSA) is 29.0 Å². The third-order valence-corrected chi connectivity index (χ3v) is 4.69. The number of aryl methyl sites for hydroxylation is 1. The number of benzene rings is 1. The van der Waals surface area contributed by atoms with Crippen molar-refractivity contribution in [2.75, 3.05) is 13.1 Å². The molecule has 1 aliphatic heterocycles. The molecule has 0 amide bonds. The summed E-state index contributed by atoms with van der Waals surface area (Å²) in [4.78, 5) is 2.56. The number of rotatable bonds is 3. The van der Waals surface area contributed by atoms with Crippen molar-refractivity contribution in [1.29, 1.82) is 0 Å². The second-order valence-electron chi connectivity index (χ2n) is 6.05. The second-order valence-corrected chi connectivity index (χ2v) is 6.05. The van der Waals surface area contributed by atoms with Crippen LogP contribution < -0.4 is 0 Å². The summed E-state index contributed by atoms with van der Waals surface area (Å²) in [5.41, 5.74) is 5.96. The summed E-state index contributed by atoms with van der Waals surface area (Å²) in [6.07, 6.45) is 4.48. The van der Waals surface area contributed by atoms with Crippen molar-refractivity contribution in [3.8, 4) is 11.3 Å². The first-order valence-electron chi connectivity index (χ1n) is 7.80. The number of aromatic nitrogens is 2. The maximum atomic E-state index is 4.34. The molecule has 1 aliphatic rings. The molecule has 110 valence electrons. The van der Waals surface area contributed by atoms with Crippen molar-refractivity contribution in [2.45, 2.75) is 39.7 Å². The van der Waals surface area contributed by atoms with E-state index in [4.69, 9.17) is 0 Å². The number of hydrogen-bond acceptors (Lipinski definition) is 3. The summed E-state index contributed by atoms with van der Waals surface area (Å²) < 4.78 is 0. The van der Waals surface area contributed by atoms with E-state index in [1.807, 2.05) is 6.20 Å². The Morgan fingerprint density at radius 3 is 2.67 bits per heavy atom. The Balaban J connectivity index is 1.94. The molecular weight excluding hydrogens is 258 g/mol. The molecule has 3 nitrogen and oxygen atoms in total. The van der Waals surface area contributed by atoms with Gasteiger partial charge in [-0.3, -0.25) is 4.90 Å². The van der Waals surface area contributed by atoms with Crippen molar-refractivity contribution in [3.05, 3.63) is 47.2 Å². The van der Waals surface area contributed by atoms with Gasteiger partial charge < -0.3 is 0 Å². The van der Waals surface area contributed by atoms with E-state index in [1.165, 1.54) is 48.2 Å². The Kier molecular flexibility index (Phi) is 4.02. The second kappa shape index (κ2) is 5.94. The minimum absolute atomic E-state index is 0.477. The Hall–Kier alpha value is -1.74. The Labute approximate surface area is 127 Å². The lowest BCUT2D eigenvalue weighted by Crippen LogP contribution is -2.23. The van der Waals surface area contributed by atoms with Gasteiger partial charge in [0.15, 0.2) is 0 Å². The predicted octanol–water partition coefficient (Wildman–Crippen LogP) is 3.92. The minimum atomic E-state index is 0.477. The smallest absolute Gasteiger partial charge is 0.0961 e. The highest BCUT2D eigenvalue weighted by molar-refractivity contribution is 5.64. The van der Waals surface area contributed by atoms with E-state index in [-0.39, 0.29) is 0 Å². The van der Waals surface area contributed by atoms with Crippen molar-refractivity contribution >= 4 is 0 Å². The van der Waals surface area contributed by atoms with E-state index >= 15 is 0 Å². The minimum Gasteiger partial charge on any atom is -0.297 e. The lowest BCUT2D eigenvalue weighted by Gasteiger charge is -2.24. The van der Waals surface area contributed by atoms with Crippen LogP contribution in [-0.2, 0) is 0 Å². The molecule has 1 aromatic carbocycles. The zero-order valence-electron chi connectivity index (χ0n) is 13.1. The van der Waals surface area contributed by atoms with Gasteiger partial charge in [-0.15, -0.1) is 0 Å². The van der Waals surface area contributed by atoms with E-state index < -0.39 is 0 Å². The summed E-state index contributed by atoms with van der Waals surface area (Å²) in [5, 5.41) is 8.46. The van der Waals surface area contributed by atoms with Gasteiger partial charge in [0.25, 0.3) is 0 Å². The molecule has 0 N–H and O–H groups in total. The van der Waals surface area contributed by atoms with Crippen LogP contribution in [0.15, 0.2) is 30.5 Å². The lowest BCUT2D eigenvalue weighted by molar-refractivity contribution is 0.263. The first-order valence-corrected chi connectivity index (χ1v) is 7.80. The van der Waals surface area contributed by atoms with Gasteiger partial charge >= 0.3 is 0 Å². The largest absolute Gasteiger partial charge is 0.297 e. The highest BCUT2D eigenvalue weighted by Crippen LogP contribution is 2.29. The van der Waals surface area contributed by atoms with Crippen LogP contribution in [0.1, 0.15) is 42.5 Å². The van der Waals surface area contributed by atoms with Crippen LogP contribution in [0.3, 0.4) is 0 Å². The maximum absolute atomic E-state index is 4.34. The normalized spacial score (nSPS) is 17.1. The molecule has 2 heterocycles. The fourth-order valence-corrected chi connectivity index (χ4v) is 3.09. The van der Waals surface area contributed by atoms with E-state index in [2.05, 4.69) is 60.1 Å². The average Bonchev–Trinajstić information content (AvgIpc) is 3.04. The summed E-state index contributed by atoms with van der Waals surface area (Å²) in [6, 6.07) is 9.26. The zero-order chi connectivity index (χ0) is 14.8. The average molecular weight is 281 g/mol. The molecule has 0 radical (unpaired) electrons. The molecule has 3 rings (SSSR count). The van der Waals surface area contributed by atoms with Gasteiger partial charge in [-0.2, -0.15) is 10.2 Å². The highest BCUT2D eigenvalue weighted by atomic mass is 15.2. The summed E-state index contributed by atoms with van der Waals surface area (Å²) in [5.74, 6) is 0. The van der Waals surface area contributed by atoms with Crippen LogP contribution in [0.25, 0.3) is 11.3 Å². The number of nitrogens with zero attached hydrogens (tertiary/aromatic N) is 3. The highest BCUT2D eigenvalue weighted by Gasteiger charge is 2.19. The van der Waals surface area contributed by atoms with Gasteiger partial charge in [-0.1, -0.05) is 18.2 Å². The molecular formula is C18H23N3. The van der Waals surface area contributed by atoms with Crippen molar-refractivity contribution in [3.63, 3.8) is 0 Å². The van der Waals surface area contributed by atoms with Crippen molar-refractivity contribution in [1.82, 2.24) is 15.1 Å². The molecule has 0 spiro atoms. The van der Waals surface area contributed by atoms with Gasteiger partial charge in [-0.05, 0) is 69.5 Å². The van der Waals surface area contributed by atoms with Crippen LogP contribution in [0.5, 0.6) is 0 Å². The first kappa shape index (κ1) is 14.2. The van der Waals surface area contributed by atoms with Crippen LogP contribution >= 0.6 is 0 Å². The van der Waals surface area contributed by atoms with Gasteiger partial charge in [-0.25, -0.2) is 0 Å². The van der Waals surface area contributed by atoms with Crippen molar-refractivity contribution < 1.29 is 0 Å². The standard InChI is InChI=1S/C18H23N3/c1-13-12-19-20-18(14(13)2)17-8-6-7-16(11-17)15(3)21-9-4-5-10-21/h6-8,11-12,15H,4-5,9-10H2,1-3H3. The van der Waals surface area contributed by atoms with Crippen LogP contribution in [0.4, 0.5) is 0 Å². The SMILES string of the molecule is Cc1cnnc(-c2cccc(C(C)N3CCCC3)c2)c1C. The molecule has 1 fully saturated rings. The fraction of sp³-hybridized carbons (Fsp3) is 0.444. The van der Waals surface area contributed by atoms with Crippen molar-refractivity contribution in [2.24, 2.45) is 0 Å². The zero-order valence-corrected chi connectivity index (χ0v) is 13.1. The summed E-state index contributed by atoms with van der Waals surface area (Å²) in [7, 11) is 0. The molecule has 1 unspecified atom stereocenters. The third-order valence-electron chi connectivity index (χ3n) is 4.69. The van der Waals surface area contributed by atoms with Crippen LogP contribution in [-0.4, -0.2) is 28.2 Å². The Morgan fingerprint density at radius 1 is 1.14 bits per heavy atom. The summed E-state index contributed by atoms with van der Waals surface area (Å²) in [6.45, 7) is 8.95. The molecule has 1 saturated heterocycles. The van der Waals surface area contributed by atoms with E-state index in [1.54, 1.807) is 0 Å². The molecule has 0 aliphatic carbocycles. The molecule has 1 aromatic heterocycles. The Morgan fingerprint density at radius 2 is 1.90 bits per heavy atom. The third kappa shape index (κ3) is 2.84.